The standard InChI is InChI=1S/C20H19N/c1-14-7-3-5-9-17(14)16-11-12-20(21)19(13-16)18-10-6-4-8-15(18)2/h3-13H,21H2,1-2H3. The van der Waals surface area contributed by atoms with Gasteiger partial charge in [0.05, 0.1) is 0 Å². The van der Waals surface area contributed by atoms with Crippen LogP contribution in [0.1, 0.15) is 11.1 Å². The van der Waals surface area contributed by atoms with E-state index in [1.54, 1.807) is 0 Å². The van der Waals surface area contributed by atoms with Gasteiger partial charge in [-0.25, -0.2) is 0 Å². The first-order chi connectivity index (χ1) is 10.2. The lowest BCUT2D eigenvalue weighted by Gasteiger charge is -2.12. The largest absolute Gasteiger partial charge is 0.398 e. The molecular formula is C20H19N. The van der Waals surface area contributed by atoms with E-state index in [0.717, 1.165) is 11.3 Å². The highest BCUT2D eigenvalue weighted by Crippen LogP contribution is 2.33. The van der Waals surface area contributed by atoms with E-state index >= 15 is 0 Å². The van der Waals surface area contributed by atoms with Gasteiger partial charge in [0.1, 0.15) is 0 Å². The van der Waals surface area contributed by atoms with Gasteiger partial charge in [-0.05, 0) is 53.8 Å². The van der Waals surface area contributed by atoms with Crippen LogP contribution < -0.4 is 5.73 Å². The van der Waals surface area contributed by atoms with Gasteiger partial charge in [0.25, 0.3) is 0 Å². The summed E-state index contributed by atoms with van der Waals surface area (Å²) in [5.74, 6) is 0. The van der Waals surface area contributed by atoms with Gasteiger partial charge in [-0.1, -0.05) is 54.6 Å². The van der Waals surface area contributed by atoms with E-state index in [0.29, 0.717) is 0 Å². The zero-order valence-corrected chi connectivity index (χ0v) is 12.4. The molecule has 0 saturated heterocycles. The second-order valence-corrected chi connectivity index (χ2v) is 5.43. The molecule has 0 unspecified atom stereocenters. The van der Waals surface area contributed by atoms with Crippen LogP contribution in [0.4, 0.5) is 5.69 Å². The van der Waals surface area contributed by atoms with Crippen LogP contribution in [0.15, 0.2) is 66.7 Å². The third-order valence-electron chi connectivity index (χ3n) is 3.94. The molecule has 0 fully saturated rings. The van der Waals surface area contributed by atoms with E-state index in [4.69, 9.17) is 5.73 Å². The number of benzene rings is 3. The first kappa shape index (κ1) is 13.4. The summed E-state index contributed by atoms with van der Waals surface area (Å²) in [6.45, 7) is 4.26. The normalized spacial score (nSPS) is 10.6. The highest BCUT2D eigenvalue weighted by atomic mass is 14.6. The van der Waals surface area contributed by atoms with E-state index in [1.165, 1.54) is 27.8 Å². The first-order valence-electron chi connectivity index (χ1n) is 7.18. The maximum Gasteiger partial charge on any atom is 0.0394 e. The van der Waals surface area contributed by atoms with Crippen LogP contribution in [0.3, 0.4) is 0 Å². The summed E-state index contributed by atoms with van der Waals surface area (Å²) in [4.78, 5) is 0. The van der Waals surface area contributed by atoms with Crippen molar-refractivity contribution in [1.29, 1.82) is 0 Å². The highest BCUT2D eigenvalue weighted by molar-refractivity contribution is 5.83. The van der Waals surface area contributed by atoms with Crippen molar-refractivity contribution in [3.63, 3.8) is 0 Å². The van der Waals surface area contributed by atoms with Crippen molar-refractivity contribution >= 4 is 5.69 Å². The molecule has 104 valence electrons. The summed E-state index contributed by atoms with van der Waals surface area (Å²) in [5, 5.41) is 0. The molecule has 0 radical (unpaired) electrons. The lowest BCUT2D eigenvalue weighted by Crippen LogP contribution is -1.93. The van der Waals surface area contributed by atoms with E-state index in [-0.39, 0.29) is 0 Å². The minimum atomic E-state index is 0.821. The van der Waals surface area contributed by atoms with Gasteiger partial charge in [0, 0.05) is 11.3 Å². The molecule has 0 aliphatic carbocycles. The SMILES string of the molecule is Cc1ccccc1-c1ccc(N)c(-c2ccccc2C)c1. The molecule has 0 aliphatic heterocycles. The van der Waals surface area contributed by atoms with Crippen molar-refractivity contribution in [1.82, 2.24) is 0 Å². The Labute approximate surface area is 126 Å². The van der Waals surface area contributed by atoms with Gasteiger partial charge >= 0.3 is 0 Å². The van der Waals surface area contributed by atoms with Crippen LogP contribution in [-0.4, -0.2) is 0 Å². The van der Waals surface area contributed by atoms with Gasteiger partial charge in [0.15, 0.2) is 0 Å². The Morgan fingerprint density at radius 2 is 1.19 bits per heavy atom. The molecule has 3 aromatic carbocycles. The molecular weight excluding hydrogens is 254 g/mol. The minimum absolute atomic E-state index is 0.821. The number of hydrogen-bond acceptors (Lipinski definition) is 1. The zero-order valence-electron chi connectivity index (χ0n) is 12.4. The van der Waals surface area contributed by atoms with Gasteiger partial charge in [0.2, 0.25) is 0 Å². The van der Waals surface area contributed by atoms with Crippen molar-refractivity contribution < 1.29 is 0 Å². The van der Waals surface area contributed by atoms with Gasteiger partial charge in [-0.2, -0.15) is 0 Å². The number of anilines is 1. The summed E-state index contributed by atoms with van der Waals surface area (Å²) in [5.41, 5.74) is 14.3. The molecule has 0 atom stereocenters. The van der Waals surface area contributed by atoms with Crippen molar-refractivity contribution in [3.05, 3.63) is 77.9 Å². The summed E-state index contributed by atoms with van der Waals surface area (Å²) in [6, 6.07) is 23.1. The van der Waals surface area contributed by atoms with Gasteiger partial charge in [-0.15, -0.1) is 0 Å². The molecule has 0 spiro atoms. The molecule has 21 heavy (non-hydrogen) atoms. The smallest absolute Gasteiger partial charge is 0.0394 e. The van der Waals surface area contributed by atoms with E-state index < -0.39 is 0 Å². The van der Waals surface area contributed by atoms with E-state index in [1.807, 2.05) is 6.07 Å². The molecule has 0 saturated carbocycles. The Morgan fingerprint density at radius 3 is 1.81 bits per heavy atom. The Morgan fingerprint density at radius 1 is 0.619 bits per heavy atom. The van der Waals surface area contributed by atoms with Crippen molar-refractivity contribution in [3.8, 4) is 22.3 Å². The lowest BCUT2D eigenvalue weighted by atomic mass is 9.93. The van der Waals surface area contributed by atoms with Crippen molar-refractivity contribution in [2.24, 2.45) is 0 Å². The van der Waals surface area contributed by atoms with Crippen LogP contribution in [0.2, 0.25) is 0 Å². The average Bonchev–Trinajstić information content (AvgIpc) is 2.49. The minimum Gasteiger partial charge on any atom is -0.398 e. The molecule has 0 heterocycles. The fourth-order valence-electron chi connectivity index (χ4n) is 2.73. The molecule has 0 aliphatic rings. The zero-order chi connectivity index (χ0) is 14.8. The third-order valence-corrected chi connectivity index (χ3v) is 3.94. The fraction of sp³-hybridized carbons (Fsp3) is 0.100. The molecule has 2 N–H and O–H groups in total. The Hall–Kier alpha value is -2.54. The van der Waals surface area contributed by atoms with Crippen molar-refractivity contribution in [2.45, 2.75) is 13.8 Å². The third kappa shape index (κ3) is 2.55. The predicted molar refractivity (Wildman–Crippen MR) is 91.2 cm³/mol. The van der Waals surface area contributed by atoms with Crippen LogP contribution in [-0.2, 0) is 0 Å². The van der Waals surface area contributed by atoms with E-state index in [2.05, 4.69) is 74.5 Å². The number of nitrogens with two attached hydrogens (primary N) is 1. The Balaban J connectivity index is 2.18. The number of aryl methyl sites for hydroxylation is 2. The summed E-state index contributed by atoms with van der Waals surface area (Å²) >= 11 is 0. The van der Waals surface area contributed by atoms with Gasteiger partial charge < -0.3 is 5.73 Å². The summed E-state index contributed by atoms with van der Waals surface area (Å²) in [7, 11) is 0. The molecule has 3 rings (SSSR count). The predicted octanol–water partition coefficient (Wildman–Crippen LogP) is 5.22. The number of nitrogen functional groups attached to an aromatic ring is 1. The monoisotopic (exact) mass is 273 g/mol. The fourth-order valence-corrected chi connectivity index (χ4v) is 2.73. The molecule has 0 amide bonds. The molecule has 0 bridgehead atoms. The lowest BCUT2D eigenvalue weighted by molar-refractivity contribution is 1.44. The second-order valence-electron chi connectivity index (χ2n) is 5.43. The number of rotatable bonds is 2. The first-order valence-corrected chi connectivity index (χ1v) is 7.18. The van der Waals surface area contributed by atoms with Crippen LogP contribution >= 0.6 is 0 Å². The van der Waals surface area contributed by atoms with Crippen LogP contribution in [0.5, 0.6) is 0 Å². The van der Waals surface area contributed by atoms with Gasteiger partial charge in [-0.3, -0.25) is 0 Å². The Kier molecular flexibility index (Phi) is 3.49. The van der Waals surface area contributed by atoms with Crippen LogP contribution in [0, 0.1) is 13.8 Å². The topological polar surface area (TPSA) is 26.0 Å². The molecule has 1 heteroatoms. The Bertz CT molecular complexity index is 787. The molecule has 3 aromatic rings. The quantitative estimate of drug-likeness (QED) is 0.636. The average molecular weight is 273 g/mol. The number of hydrogen-bond donors (Lipinski definition) is 1. The maximum atomic E-state index is 6.21. The highest BCUT2D eigenvalue weighted by Gasteiger charge is 2.08. The maximum absolute atomic E-state index is 6.21. The molecule has 0 aromatic heterocycles. The van der Waals surface area contributed by atoms with Crippen molar-refractivity contribution in [2.75, 3.05) is 5.73 Å². The summed E-state index contributed by atoms with van der Waals surface area (Å²) < 4.78 is 0. The van der Waals surface area contributed by atoms with Crippen LogP contribution in [0.25, 0.3) is 22.3 Å². The second kappa shape index (κ2) is 5.45. The molecule has 1 nitrogen and oxygen atoms in total. The summed E-state index contributed by atoms with van der Waals surface area (Å²) in [6.07, 6.45) is 0. The van der Waals surface area contributed by atoms with E-state index in [9.17, 15) is 0 Å².